The standard InChI is InChI=1S/C19H23FN2O3S/c20-16-6-1-3-14(11-16)12-22-17(23)13-26(25)19(22)7-9-21(10-8-19)18(24)15-4-2-5-15/h1,3,6,11,15H,2,4-5,7-10,12-13H2. The second-order valence-corrected chi connectivity index (χ2v) is 9.24. The molecule has 0 radical (unpaired) electrons. The summed E-state index contributed by atoms with van der Waals surface area (Å²) in [7, 11) is -1.29. The number of hydrogen-bond donors (Lipinski definition) is 0. The average Bonchev–Trinajstić information content (AvgIpc) is 2.78. The highest BCUT2D eigenvalue weighted by molar-refractivity contribution is 7.87. The van der Waals surface area contributed by atoms with E-state index in [1.807, 2.05) is 4.90 Å². The van der Waals surface area contributed by atoms with Gasteiger partial charge in [-0.05, 0) is 30.5 Å². The van der Waals surface area contributed by atoms with Crippen molar-refractivity contribution in [2.75, 3.05) is 18.8 Å². The maximum absolute atomic E-state index is 13.5. The van der Waals surface area contributed by atoms with Crippen molar-refractivity contribution in [3.05, 3.63) is 35.6 Å². The van der Waals surface area contributed by atoms with Gasteiger partial charge in [-0.2, -0.15) is 0 Å². The summed E-state index contributed by atoms with van der Waals surface area (Å²) < 4.78 is 26.3. The van der Waals surface area contributed by atoms with Crippen molar-refractivity contribution in [1.29, 1.82) is 0 Å². The van der Waals surface area contributed by atoms with Gasteiger partial charge < -0.3 is 9.80 Å². The summed E-state index contributed by atoms with van der Waals surface area (Å²) in [5, 5.41) is 0. The first-order valence-electron chi connectivity index (χ1n) is 9.22. The van der Waals surface area contributed by atoms with E-state index < -0.39 is 15.7 Å². The van der Waals surface area contributed by atoms with Gasteiger partial charge in [-0.25, -0.2) is 4.39 Å². The van der Waals surface area contributed by atoms with Crippen LogP contribution in [0.15, 0.2) is 24.3 Å². The molecule has 2 amide bonds. The van der Waals surface area contributed by atoms with Gasteiger partial charge in [0.2, 0.25) is 11.8 Å². The zero-order valence-electron chi connectivity index (χ0n) is 14.7. The molecule has 1 saturated carbocycles. The van der Waals surface area contributed by atoms with Crippen LogP contribution in [0.4, 0.5) is 4.39 Å². The lowest BCUT2D eigenvalue weighted by Gasteiger charge is -2.44. The normalized spacial score (nSPS) is 25.6. The Bertz CT molecular complexity index is 757. The summed E-state index contributed by atoms with van der Waals surface area (Å²) >= 11 is 0. The topological polar surface area (TPSA) is 57.7 Å². The fourth-order valence-electron chi connectivity index (χ4n) is 4.21. The molecule has 1 aromatic carbocycles. The van der Waals surface area contributed by atoms with Gasteiger partial charge in [-0.1, -0.05) is 18.6 Å². The zero-order chi connectivity index (χ0) is 18.3. The smallest absolute Gasteiger partial charge is 0.236 e. The molecule has 26 heavy (non-hydrogen) atoms. The van der Waals surface area contributed by atoms with Gasteiger partial charge in [0.1, 0.15) is 16.4 Å². The molecule has 2 saturated heterocycles. The molecule has 7 heteroatoms. The van der Waals surface area contributed by atoms with Crippen molar-refractivity contribution >= 4 is 22.6 Å². The molecule has 1 aromatic rings. The third-order valence-corrected chi connectivity index (χ3v) is 8.00. The minimum atomic E-state index is -1.29. The van der Waals surface area contributed by atoms with E-state index in [9.17, 15) is 18.2 Å². The Hall–Kier alpha value is -1.76. The number of nitrogens with zero attached hydrogens (tertiary/aromatic N) is 2. The van der Waals surface area contributed by atoms with E-state index in [2.05, 4.69) is 0 Å². The van der Waals surface area contributed by atoms with Gasteiger partial charge in [-0.15, -0.1) is 0 Å². The average molecular weight is 378 g/mol. The predicted molar refractivity (Wildman–Crippen MR) is 95.8 cm³/mol. The van der Waals surface area contributed by atoms with E-state index in [4.69, 9.17) is 0 Å². The van der Waals surface area contributed by atoms with E-state index in [1.54, 1.807) is 17.0 Å². The van der Waals surface area contributed by atoms with Crippen molar-refractivity contribution < 1.29 is 18.2 Å². The minimum Gasteiger partial charge on any atom is -0.342 e. The third kappa shape index (κ3) is 2.96. The molecule has 0 bridgehead atoms. The number of likely N-dealkylation sites (tertiary alicyclic amines) is 1. The summed E-state index contributed by atoms with van der Waals surface area (Å²) in [6, 6.07) is 6.18. The molecule has 1 aliphatic carbocycles. The van der Waals surface area contributed by atoms with E-state index in [1.165, 1.54) is 12.1 Å². The van der Waals surface area contributed by atoms with Crippen molar-refractivity contribution in [1.82, 2.24) is 9.80 Å². The molecule has 1 unspecified atom stereocenters. The Morgan fingerprint density at radius 1 is 1.27 bits per heavy atom. The SMILES string of the molecule is O=C(C1CCC1)N1CCC2(CC1)N(Cc1cccc(F)c1)C(=O)CS2=O. The van der Waals surface area contributed by atoms with Gasteiger partial charge >= 0.3 is 0 Å². The Labute approximate surface area is 155 Å². The molecule has 2 aliphatic heterocycles. The Morgan fingerprint density at radius 3 is 2.62 bits per heavy atom. The first kappa shape index (κ1) is 17.6. The number of hydrogen-bond acceptors (Lipinski definition) is 3. The van der Waals surface area contributed by atoms with Crippen molar-refractivity contribution in [2.24, 2.45) is 5.92 Å². The monoisotopic (exact) mass is 378 g/mol. The molecule has 4 rings (SSSR count). The lowest BCUT2D eigenvalue weighted by atomic mass is 9.84. The first-order valence-corrected chi connectivity index (χ1v) is 10.5. The minimum absolute atomic E-state index is 0.0197. The summed E-state index contributed by atoms with van der Waals surface area (Å²) in [4.78, 5) is 27.8. The highest BCUT2D eigenvalue weighted by atomic mass is 32.2. The number of rotatable bonds is 3. The maximum atomic E-state index is 13.5. The van der Waals surface area contributed by atoms with Gasteiger partial charge in [0, 0.05) is 38.4 Å². The second kappa shape index (κ2) is 6.76. The van der Waals surface area contributed by atoms with E-state index in [0.717, 1.165) is 19.3 Å². The second-order valence-electron chi connectivity index (χ2n) is 7.50. The Balaban J connectivity index is 1.50. The third-order valence-electron chi connectivity index (χ3n) is 6.01. The highest BCUT2D eigenvalue weighted by Gasteiger charge is 2.53. The van der Waals surface area contributed by atoms with Crippen LogP contribution in [0.1, 0.15) is 37.7 Å². The molecule has 1 atom stereocenters. The highest BCUT2D eigenvalue weighted by Crippen LogP contribution is 2.39. The zero-order valence-corrected chi connectivity index (χ0v) is 15.5. The molecule has 3 aliphatic rings. The van der Waals surface area contributed by atoms with Crippen LogP contribution in [0.2, 0.25) is 0 Å². The Morgan fingerprint density at radius 2 is 2.00 bits per heavy atom. The fraction of sp³-hybridized carbons (Fsp3) is 0.579. The van der Waals surface area contributed by atoms with Crippen LogP contribution >= 0.6 is 0 Å². The van der Waals surface area contributed by atoms with Crippen LogP contribution in [0, 0.1) is 11.7 Å². The molecule has 1 spiro atoms. The van der Waals surface area contributed by atoms with Crippen LogP contribution in [-0.4, -0.2) is 49.5 Å². The van der Waals surface area contributed by atoms with E-state index >= 15 is 0 Å². The molecular formula is C19H23FN2O3S. The van der Waals surface area contributed by atoms with E-state index in [-0.39, 0.29) is 35.8 Å². The van der Waals surface area contributed by atoms with Crippen LogP contribution < -0.4 is 0 Å². The molecule has 3 fully saturated rings. The molecule has 0 aromatic heterocycles. The van der Waals surface area contributed by atoms with Crippen molar-refractivity contribution in [3.8, 4) is 0 Å². The number of halogens is 1. The first-order chi connectivity index (χ1) is 12.5. The molecule has 140 valence electrons. The Kier molecular flexibility index (Phi) is 4.59. The lowest BCUT2D eigenvalue weighted by molar-refractivity contribution is -0.141. The van der Waals surface area contributed by atoms with Crippen molar-refractivity contribution in [2.45, 2.75) is 43.5 Å². The number of carbonyl (C=O) groups excluding carboxylic acids is 2. The largest absolute Gasteiger partial charge is 0.342 e. The summed E-state index contributed by atoms with van der Waals surface area (Å²) in [5.41, 5.74) is 0.699. The van der Waals surface area contributed by atoms with Crippen molar-refractivity contribution in [3.63, 3.8) is 0 Å². The number of amides is 2. The van der Waals surface area contributed by atoms with Gasteiger partial charge in [0.05, 0.1) is 10.8 Å². The lowest BCUT2D eigenvalue weighted by Crippen LogP contribution is -2.56. The fourth-order valence-corrected chi connectivity index (χ4v) is 5.91. The summed E-state index contributed by atoms with van der Waals surface area (Å²) in [5.74, 6) is -0.107. The molecule has 0 N–H and O–H groups in total. The van der Waals surface area contributed by atoms with Crippen LogP contribution in [0.25, 0.3) is 0 Å². The molecule has 5 nitrogen and oxygen atoms in total. The number of carbonyl (C=O) groups is 2. The van der Waals surface area contributed by atoms with Crippen LogP contribution in [-0.2, 0) is 26.9 Å². The van der Waals surface area contributed by atoms with Crippen LogP contribution in [0.5, 0.6) is 0 Å². The predicted octanol–water partition coefficient (Wildman–Crippen LogP) is 2.04. The number of benzene rings is 1. The number of piperidine rings is 1. The van der Waals surface area contributed by atoms with E-state index in [0.29, 0.717) is 31.5 Å². The van der Waals surface area contributed by atoms with Gasteiger partial charge in [-0.3, -0.25) is 13.8 Å². The maximum Gasteiger partial charge on any atom is 0.236 e. The summed E-state index contributed by atoms with van der Waals surface area (Å²) in [6.45, 7) is 1.33. The van der Waals surface area contributed by atoms with Crippen LogP contribution in [0.3, 0.4) is 0 Å². The van der Waals surface area contributed by atoms with Gasteiger partial charge in [0.25, 0.3) is 0 Å². The molecular weight excluding hydrogens is 355 g/mol. The molecule has 2 heterocycles. The summed E-state index contributed by atoms with van der Waals surface area (Å²) in [6.07, 6.45) is 4.11. The quantitative estimate of drug-likeness (QED) is 0.809. The van der Waals surface area contributed by atoms with Gasteiger partial charge in [0.15, 0.2) is 0 Å².